The molecule has 1 aromatic rings. The molecule has 3 heteroatoms. The molecule has 0 aliphatic carbocycles. The van der Waals surface area contributed by atoms with Gasteiger partial charge in [-0.05, 0) is 13.8 Å². The average molecular weight is 182 g/mol. The van der Waals surface area contributed by atoms with E-state index in [1.165, 1.54) is 0 Å². The lowest BCUT2D eigenvalue weighted by molar-refractivity contribution is 0.742. The van der Waals surface area contributed by atoms with Crippen LogP contribution in [0.2, 0.25) is 0 Å². The molecule has 0 fully saturated rings. The Hall–Kier alpha value is -0.670. The van der Waals surface area contributed by atoms with Gasteiger partial charge in [0.15, 0.2) is 0 Å². The van der Waals surface area contributed by atoms with Gasteiger partial charge in [-0.1, -0.05) is 12.2 Å². The molecular weight excluding hydrogens is 168 g/mol. The molecule has 0 saturated carbocycles. The van der Waals surface area contributed by atoms with E-state index in [0.29, 0.717) is 0 Å². The molecule has 1 heterocycles. The number of thiazole rings is 1. The monoisotopic (exact) mass is 182 g/mol. The normalized spacial score (nSPS) is 11.2. The summed E-state index contributed by atoms with van der Waals surface area (Å²) in [6.45, 7) is 5.84. The van der Waals surface area contributed by atoms with Crippen molar-refractivity contribution in [1.82, 2.24) is 10.3 Å². The lowest BCUT2D eigenvalue weighted by Crippen LogP contribution is -2.12. The molecule has 0 bridgehead atoms. The van der Waals surface area contributed by atoms with E-state index in [1.54, 1.807) is 11.3 Å². The second kappa shape index (κ2) is 5.06. The molecule has 66 valence electrons. The molecule has 0 unspecified atom stereocenters. The van der Waals surface area contributed by atoms with Crippen LogP contribution >= 0.6 is 11.3 Å². The van der Waals surface area contributed by atoms with Gasteiger partial charge in [-0.3, -0.25) is 0 Å². The molecule has 0 radical (unpaired) electrons. The van der Waals surface area contributed by atoms with Crippen LogP contribution in [0.15, 0.2) is 17.5 Å². The Bertz CT molecular complexity index is 253. The maximum Gasteiger partial charge on any atom is 0.0897 e. The van der Waals surface area contributed by atoms with E-state index in [4.69, 9.17) is 0 Å². The van der Waals surface area contributed by atoms with Crippen molar-refractivity contribution < 1.29 is 0 Å². The Labute approximate surface area is 77.3 Å². The van der Waals surface area contributed by atoms with Gasteiger partial charge in [0, 0.05) is 18.5 Å². The van der Waals surface area contributed by atoms with Crippen molar-refractivity contribution in [1.29, 1.82) is 0 Å². The molecule has 1 aromatic heterocycles. The summed E-state index contributed by atoms with van der Waals surface area (Å²) >= 11 is 1.70. The summed E-state index contributed by atoms with van der Waals surface area (Å²) in [5.74, 6) is 0. The first-order valence-corrected chi connectivity index (χ1v) is 4.93. The Balaban J connectivity index is 2.24. The summed E-state index contributed by atoms with van der Waals surface area (Å²) in [5.41, 5.74) is 1.14. The van der Waals surface area contributed by atoms with Gasteiger partial charge >= 0.3 is 0 Å². The van der Waals surface area contributed by atoms with E-state index < -0.39 is 0 Å². The van der Waals surface area contributed by atoms with E-state index in [1.807, 2.05) is 19.9 Å². The number of aryl methyl sites for hydroxylation is 1. The van der Waals surface area contributed by atoms with Crippen LogP contribution in [0.3, 0.4) is 0 Å². The van der Waals surface area contributed by atoms with Crippen LogP contribution < -0.4 is 5.32 Å². The van der Waals surface area contributed by atoms with Crippen molar-refractivity contribution in [3.8, 4) is 0 Å². The van der Waals surface area contributed by atoms with E-state index in [0.717, 1.165) is 23.8 Å². The summed E-state index contributed by atoms with van der Waals surface area (Å²) in [7, 11) is 0. The Morgan fingerprint density at radius 3 is 3.08 bits per heavy atom. The molecule has 0 aliphatic heterocycles. The third-order valence-electron chi connectivity index (χ3n) is 1.47. The van der Waals surface area contributed by atoms with Crippen LogP contribution in [0.1, 0.15) is 17.6 Å². The highest BCUT2D eigenvalue weighted by Gasteiger charge is 1.95. The van der Waals surface area contributed by atoms with Crippen molar-refractivity contribution in [3.05, 3.63) is 28.2 Å². The molecule has 1 rings (SSSR count). The first-order chi connectivity index (χ1) is 5.83. The SMILES string of the molecule is C/C=C/CNCc1csc(C)n1. The number of nitrogens with one attached hydrogen (secondary N) is 1. The highest BCUT2D eigenvalue weighted by Crippen LogP contribution is 2.06. The van der Waals surface area contributed by atoms with Gasteiger partial charge in [0.2, 0.25) is 0 Å². The standard InChI is InChI=1S/C9H14N2S/c1-3-4-5-10-6-9-7-12-8(2)11-9/h3-4,7,10H,5-6H2,1-2H3/b4-3+. The molecule has 0 amide bonds. The molecule has 2 nitrogen and oxygen atoms in total. The van der Waals surface area contributed by atoms with E-state index >= 15 is 0 Å². The predicted molar refractivity (Wildman–Crippen MR) is 53.4 cm³/mol. The van der Waals surface area contributed by atoms with Crippen LogP contribution in [0.25, 0.3) is 0 Å². The van der Waals surface area contributed by atoms with Gasteiger partial charge in [0.05, 0.1) is 10.7 Å². The van der Waals surface area contributed by atoms with Gasteiger partial charge in [-0.2, -0.15) is 0 Å². The summed E-state index contributed by atoms with van der Waals surface area (Å²) in [4.78, 5) is 4.34. The largest absolute Gasteiger partial charge is 0.308 e. The van der Waals surface area contributed by atoms with Gasteiger partial charge in [0.25, 0.3) is 0 Å². The van der Waals surface area contributed by atoms with Crippen LogP contribution in [-0.4, -0.2) is 11.5 Å². The van der Waals surface area contributed by atoms with Gasteiger partial charge in [-0.15, -0.1) is 11.3 Å². The van der Waals surface area contributed by atoms with Crippen molar-refractivity contribution >= 4 is 11.3 Å². The van der Waals surface area contributed by atoms with Gasteiger partial charge < -0.3 is 5.32 Å². The third-order valence-corrected chi connectivity index (χ3v) is 2.29. The fraction of sp³-hybridized carbons (Fsp3) is 0.444. The summed E-state index contributed by atoms with van der Waals surface area (Å²) < 4.78 is 0. The lowest BCUT2D eigenvalue weighted by Gasteiger charge is -1.96. The van der Waals surface area contributed by atoms with Gasteiger partial charge in [0.1, 0.15) is 0 Å². The number of hydrogen-bond acceptors (Lipinski definition) is 3. The molecule has 0 saturated heterocycles. The Morgan fingerprint density at radius 2 is 2.50 bits per heavy atom. The fourth-order valence-electron chi connectivity index (χ4n) is 0.891. The molecule has 0 aromatic carbocycles. The fourth-order valence-corrected chi connectivity index (χ4v) is 1.50. The Morgan fingerprint density at radius 1 is 1.67 bits per heavy atom. The van der Waals surface area contributed by atoms with Crippen LogP contribution in [0, 0.1) is 6.92 Å². The predicted octanol–water partition coefficient (Wildman–Crippen LogP) is 2.12. The van der Waals surface area contributed by atoms with Crippen molar-refractivity contribution in [2.75, 3.05) is 6.54 Å². The molecule has 0 spiro atoms. The summed E-state index contributed by atoms with van der Waals surface area (Å²) in [6.07, 6.45) is 4.14. The van der Waals surface area contributed by atoms with Gasteiger partial charge in [-0.25, -0.2) is 4.98 Å². The topological polar surface area (TPSA) is 24.9 Å². The van der Waals surface area contributed by atoms with Crippen molar-refractivity contribution in [2.45, 2.75) is 20.4 Å². The highest BCUT2D eigenvalue weighted by atomic mass is 32.1. The smallest absolute Gasteiger partial charge is 0.0897 e. The molecule has 1 N–H and O–H groups in total. The maximum atomic E-state index is 4.34. The first kappa shape index (κ1) is 9.42. The minimum Gasteiger partial charge on any atom is -0.308 e. The summed E-state index contributed by atoms with van der Waals surface area (Å²) in [5, 5.41) is 6.51. The minimum atomic E-state index is 0.870. The maximum absolute atomic E-state index is 4.34. The number of hydrogen-bond donors (Lipinski definition) is 1. The Kier molecular flexibility index (Phi) is 3.97. The average Bonchev–Trinajstić information content (AvgIpc) is 2.45. The number of aromatic nitrogens is 1. The minimum absolute atomic E-state index is 0.870. The van der Waals surface area contributed by atoms with Crippen molar-refractivity contribution in [3.63, 3.8) is 0 Å². The number of nitrogens with zero attached hydrogens (tertiary/aromatic N) is 1. The van der Waals surface area contributed by atoms with Crippen LogP contribution in [0.4, 0.5) is 0 Å². The second-order valence-electron chi connectivity index (χ2n) is 2.56. The van der Waals surface area contributed by atoms with E-state index in [2.05, 4.69) is 21.8 Å². The van der Waals surface area contributed by atoms with E-state index in [9.17, 15) is 0 Å². The van der Waals surface area contributed by atoms with Crippen LogP contribution in [0.5, 0.6) is 0 Å². The molecule has 12 heavy (non-hydrogen) atoms. The van der Waals surface area contributed by atoms with Crippen molar-refractivity contribution in [2.24, 2.45) is 0 Å². The number of rotatable bonds is 4. The van der Waals surface area contributed by atoms with Crippen LogP contribution in [-0.2, 0) is 6.54 Å². The lowest BCUT2D eigenvalue weighted by atomic mass is 10.4. The van der Waals surface area contributed by atoms with E-state index in [-0.39, 0.29) is 0 Å². The quantitative estimate of drug-likeness (QED) is 0.570. The zero-order chi connectivity index (χ0) is 8.81. The first-order valence-electron chi connectivity index (χ1n) is 4.06. The third kappa shape index (κ3) is 3.15. The molecule has 0 aliphatic rings. The zero-order valence-electron chi connectivity index (χ0n) is 7.50. The highest BCUT2D eigenvalue weighted by molar-refractivity contribution is 7.09. The second-order valence-corrected chi connectivity index (χ2v) is 3.62. The number of allylic oxidation sites excluding steroid dienone is 1. The summed E-state index contributed by atoms with van der Waals surface area (Å²) in [6, 6.07) is 0. The molecule has 0 atom stereocenters. The molecular formula is C9H14N2S. The zero-order valence-corrected chi connectivity index (χ0v) is 8.32.